The van der Waals surface area contributed by atoms with Gasteiger partial charge in [-0.15, -0.1) is 60.9 Å². The minimum Gasteiger partial charge on any atom is -0.358 e. The molecule has 0 aromatic heterocycles. The maximum absolute atomic E-state index is 3.34. The van der Waals surface area contributed by atoms with Crippen LogP contribution in [0.25, 0.3) is 10.8 Å². The zero-order chi connectivity index (χ0) is 15.9. The smallest absolute Gasteiger partial charge is 0.0809 e. The Morgan fingerprint density at radius 1 is 0.920 bits per heavy atom. The number of fused-ring (bicyclic) bond motifs is 1. The third-order valence-corrected chi connectivity index (χ3v) is 2.74. The van der Waals surface area contributed by atoms with Crippen LogP contribution in [0.3, 0.4) is 0 Å². The molecule has 0 bridgehead atoms. The minimum atomic E-state index is 0. The second-order valence-corrected chi connectivity index (χ2v) is 4.24. The van der Waals surface area contributed by atoms with Crippen molar-refractivity contribution in [2.75, 3.05) is 0 Å². The van der Waals surface area contributed by atoms with Gasteiger partial charge in [0.25, 0.3) is 0 Å². The van der Waals surface area contributed by atoms with Crippen LogP contribution in [0.4, 0.5) is 0 Å². The molecule has 0 radical (unpaired) electrons. The zero-order valence-electron chi connectivity index (χ0n) is 14.4. The number of hydrogen-bond donors (Lipinski definition) is 0. The van der Waals surface area contributed by atoms with E-state index in [1.165, 1.54) is 35.0 Å². The molecule has 0 amide bonds. The van der Waals surface area contributed by atoms with E-state index in [0.29, 0.717) is 0 Å². The second kappa shape index (κ2) is 20.9. The van der Waals surface area contributed by atoms with Gasteiger partial charge >= 0.3 is 28.4 Å². The average Bonchev–Trinajstić information content (AvgIpc) is 3.33. The van der Waals surface area contributed by atoms with E-state index in [-0.39, 0.29) is 32.2 Å². The molecule has 0 saturated heterocycles. The molecule has 1 aliphatic carbocycles. The van der Waals surface area contributed by atoms with E-state index < -0.39 is 0 Å². The van der Waals surface area contributed by atoms with Crippen molar-refractivity contribution in [3.63, 3.8) is 0 Å². The molecule has 0 spiro atoms. The number of rotatable bonds is 0. The van der Waals surface area contributed by atoms with E-state index in [2.05, 4.69) is 64.9 Å². The summed E-state index contributed by atoms with van der Waals surface area (Å²) >= 11 is 1.30. The van der Waals surface area contributed by atoms with Gasteiger partial charge in [0, 0.05) is 0 Å². The van der Waals surface area contributed by atoms with Crippen molar-refractivity contribution in [2.45, 2.75) is 6.42 Å². The van der Waals surface area contributed by atoms with Gasteiger partial charge in [0.05, 0.1) is 0 Å². The molecule has 0 aliphatic heterocycles. The predicted molar refractivity (Wildman–Crippen MR) is 114 cm³/mol. The summed E-state index contributed by atoms with van der Waals surface area (Å²) in [6, 6.07) is 27.2. The van der Waals surface area contributed by atoms with E-state index in [1.807, 2.05) is 42.5 Å². The molecule has 134 valence electrons. The first-order valence-corrected chi connectivity index (χ1v) is 8.79. The largest absolute Gasteiger partial charge is 0.358 e. The zero-order valence-corrected chi connectivity index (χ0v) is 18.5. The Morgan fingerprint density at radius 2 is 1.60 bits per heavy atom. The van der Waals surface area contributed by atoms with Gasteiger partial charge < -0.3 is 7.43 Å². The Kier molecular flexibility index (Phi) is 24.0. The molecule has 0 fully saturated rings. The SMILES string of the molecule is Cl.Cl.[C-]1=CC=CC1.[CH2]=[Zr].[CH3-].[c-]1ccccc1.c1ccc2[cH-]ccc2c1. The van der Waals surface area contributed by atoms with Gasteiger partial charge in [-0.1, -0.05) is 6.07 Å². The van der Waals surface area contributed by atoms with E-state index in [0.717, 1.165) is 6.42 Å². The van der Waals surface area contributed by atoms with Crippen molar-refractivity contribution < 1.29 is 24.2 Å². The monoisotopic (exact) mass is 448 g/mol. The summed E-state index contributed by atoms with van der Waals surface area (Å²) in [5.74, 6) is 0. The fourth-order valence-electron chi connectivity index (χ4n) is 1.75. The second-order valence-electron chi connectivity index (χ2n) is 4.24. The van der Waals surface area contributed by atoms with Gasteiger partial charge in [0.15, 0.2) is 0 Å². The van der Waals surface area contributed by atoms with Crippen LogP contribution in [0, 0.1) is 19.6 Å². The van der Waals surface area contributed by atoms with Gasteiger partial charge in [-0.3, -0.25) is 6.08 Å². The van der Waals surface area contributed by atoms with Crippen LogP contribution in [-0.4, -0.2) is 4.21 Å². The van der Waals surface area contributed by atoms with Crippen molar-refractivity contribution >= 4 is 39.8 Å². The Labute approximate surface area is 180 Å². The summed E-state index contributed by atoms with van der Waals surface area (Å²) in [7, 11) is 0. The number of halogens is 2. The van der Waals surface area contributed by atoms with Crippen LogP contribution in [0.2, 0.25) is 0 Å². The summed E-state index contributed by atoms with van der Waals surface area (Å²) in [6.45, 7) is 0. The molecule has 0 heterocycles. The van der Waals surface area contributed by atoms with Crippen molar-refractivity contribution in [1.82, 2.24) is 0 Å². The molecule has 1 aliphatic rings. The first kappa shape index (κ1) is 28.7. The summed E-state index contributed by atoms with van der Waals surface area (Å²) in [4.78, 5) is 0. The van der Waals surface area contributed by atoms with Crippen LogP contribution >= 0.6 is 24.8 Å². The standard InChI is InChI=1S/C9H7.C6H5.C5H5.CH3.CH2.2ClH.Zr/c1-2-5-9-7-3-6-8(9)4-1;1-2-4-6-5-3-1;1-2-4-5-3-1;;;;;/h1-7H;1-5H;1-3H,4H2;1H3;1H2;2*1H;/q4*-1;;;;. The van der Waals surface area contributed by atoms with Gasteiger partial charge in [-0.2, -0.15) is 60.0 Å². The Bertz CT molecular complexity index is 606. The van der Waals surface area contributed by atoms with Crippen LogP contribution in [0.15, 0.2) is 91.0 Å². The molecule has 0 unspecified atom stereocenters. The molecule has 25 heavy (non-hydrogen) atoms. The molecule has 4 rings (SSSR count). The molecule has 0 saturated carbocycles. The molecule has 0 N–H and O–H groups in total. The van der Waals surface area contributed by atoms with Gasteiger partial charge in [0.2, 0.25) is 0 Å². The Hall–Kier alpha value is -1.14. The molecular formula is C22H24Cl2Zr-4. The molecule has 3 heteroatoms. The van der Waals surface area contributed by atoms with Gasteiger partial charge in [0.1, 0.15) is 0 Å². The van der Waals surface area contributed by atoms with Crippen LogP contribution in [-0.2, 0) is 24.2 Å². The molecule has 0 atom stereocenters. The Morgan fingerprint density at radius 3 is 2.00 bits per heavy atom. The third-order valence-electron chi connectivity index (χ3n) is 2.74. The fraction of sp³-hybridized carbons (Fsp3) is 0.0455. The van der Waals surface area contributed by atoms with Crippen LogP contribution in [0.5, 0.6) is 0 Å². The summed E-state index contributed by atoms with van der Waals surface area (Å²) < 4.78 is 3.34. The van der Waals surface area contributed by atoms with Crippen molar-refractivity contribution in [3.8, 4) is 0 Å². The summed E-state index contributed by atoms with van der Waals surface area (Å²) in [6.07, 6.45) is 10.0. The van der Waals surface area contributed by atoms with Crippen molar-refractivity contribution in [3.05, 3.63) is 111 Å². The van der Waals surface area contributed by atoms with E-state index >= 15 is 0 Å². The maximum atomic E-state index is 3.34. The quantitative estimate of drug-likeness (QED) is 0.338. The fourth-order valence-corrected chi connectivity index (χ4v) is 1.75. The maximum Gasteiger partial charge on any atom is -0.0809 e. The summed E-state index contributed by atoms with van der Waals surface area (Å²) in [5, 5.41) is 2.66. The number of hydrogen-bond acceptors (Lipinski definition) is 0. The number of benzene rings is 2. The predicted octanol–water partition coefficient (Wildman–Crippen LogP) is 6.61. The van der Waals surface area contributed by atoms with Crippen LogP contribution in [0.1, 0.15) is 6.42 Å². The van der Waals surface area contributed by atoms with Crippen LogP contribution < -0.4 is 0 Å². The molecule has 0 nitrogen and oxygen atoms in total. The Balaban J connectivity index is -0.000000272. The van der Waals surface area contributed by atoms with Gasteiger partial charge in [-0.05, 0) is 0 Å². The molecule has 3 aromatic rings. The number of allylic oxidation sites excluding steroid dienone is 4. The summed E-state index contributed by atoms with van der Waals surface area (Å²) in [5.41, 5.74) is 0. The molecule has 3 aromatic carbocycles. The van der Waals surface area contributed by atoms with Crippen molar-refractivity contribution in [2.24, 2.45) is 0 Å². The van der Waals surface area contributed by atoms with E-state index in [4.69, 9.17) is 0 Å². The third kappa shape index (κ3) is 13.8. The normalized spacial score (nSPS) is 9.24. The molecular weight excluding hydrogens is 426 g/mol. The van der Waals surface area contributed by atoms with Crippen molar-refractivity contribution in [1.29, 1.82) is 0 Å². The first-order valence-electron chi connectivity index (χ1n) is 7.05. The van der Waals surface area contributed by atoms with Gasteiger partial charge in [-0.25, -0.2) is 12.2 Å². The average molecular weight is 451 g/mol. The topological polar surface area (TPSA) is 0 Å². The first-order chi connectivity index (χ1) is 11.0. The van der Waals surface area contributed by atoms with E-state index in [9.17, 15) is 0 Å². The van der Waals surface area contributed by atoms with E-state index in [1.54, 1.807) is 0 Å². The minimum absolute atomic E-state index is 0.